The topological polar surface area (TPSA) is 54.0 Å². The lowest BCUT2D eigenvalue weighted by molar-refractivity contribution is -0.125. The lowest BCUT2D eigenvalue weighted by Gasteiger charge is -2.46. The molecule has 1 aliphatic carbocycles. The van der Waals surface area contributed by atoms with Crippen LogP contribution in [0.3, 0.4) is 0 Å². The van der Waals surface area contributed by atoms with E-state index in [-0.39, 0.29) is 18.0 Å². The van der Waals surface area contributed by atoms with Crippen LogP contribution in [0.2, 0.25) is 0 Å². The monoisotopic (exact) mass is 501 g/mol. The quantitative estimate of drug-likeness (QED) is 0.643. The molecule has 4 aliphatic heterocycles. The molecule has 9 heteroatoms. The number of amides is 1. The summed E-state index contributed by atoms with van der Waals surface area (Å²) in [4.78, 5) is 18.4. The van der Waals surface area contributed by atoms with Gasteiger partial charge in [0.25, 0.3) is 0 Å². The second-order valence-electron chi connectivity index (χ2n) is 12.5. The zero-order valence-corrected chi connectivity index (χ0v) is 21.9. The summed E-state index contributed by atoms with van der Waals surface area (Å²) in [6, 6.07) is 6.70. The second-order valence-corrected chi connectivity index (χ2v) is 12.5. The van der Waals surface area contributed by atoms with Gasteiger partial charge in [-0.25, -0.2) is 8.78 Å². The normalized spacial score (nSPS) is 33.0. The first-order valence-electron chi connectivity index (χ1n) is 13.6. The van der Waals surface area contributed by atoms with Gasteiger partial charge >= 0.3 is 7.12 Å². The van der Waals surface area contributed by atoms with Crippen molar-refractivity contribution in [2.75, 3.05) is 31.1 Å². The molecule has 36 heavy (non-hydrogen) atoms. The van der Waals surface area contributed by atoms with Crippen molar-refractivity contribution in [1.82, 2.24) is 10.2 Å². The number of hydrogen-bond acceptors (Lipinski definition) is 5. The zero-order chi connectivity index (χ0) is 25.5. The minimum atomic E-state index is -2.24. The highest BCUT2D eigenvalue weighted by molar-refractivity contribution is 6.62. The number of nitrogens with zero attached hydrogens (tertiary/aromatic N) is 2. The van der Waals surface area contributed by atoms with Crippen LogP contribution in [0.25, 0.3) is 0 Å². The molecule has 3 saturated heterocycles. The van der Waals surface area contributed by atoms with Gasteiger partial charge in [0.1, 0.15) is 0 Å². The molecule has 1 atom stereocenters. The molecular formula is C27H38BF2N3O3. The highest BCUT2D eigenvalue weighted by atomic mass is 19.3. The van der Waals surface area contributed by atoms with Crippen molar-refractivity contribution in [2.45, 2.75) is 94.9 Å². The summed E-state index contributed by atoms with van der Waals surface area (Å²) in [5.41, 5.74) is 1.70. The summed E-state index contributed by atoms with van der Waals surface area (Å²) in [5, 5.41) is 3.41. The molecule has 1 aromatic rings. The predicted molar refractivity (Wildman–Crippen MR) is 136 cm³/mol. The Hall–Kier alpha value is -1.55. The van der Waals surface area contributed by atoms with Gasteiger partial charge in [-0.1, -0.05) is 12.1 Å². The van der Waals surface area contributed by atoms with Gasteiger partial charge in [0.15, 0.2) is 0 Å². The molecule has 6 rings (SSSR count). The smallest absolute Gasteiger partial charge is 0.399 e. The first-order valence-corrected chi connectivity index (χ1v) is 13.6. The van der Waals surface area contributed by atoms with Crippen LogP contribution in [0.1, 0.15) is 65.4 Å². The summed E-state index contributed by atoms with van der Waals surface area (Å²) < 4.78 is 39.0. The van der Waals surface area contributed by atoms with Crippen LogP contribution in [-0.4, -0.2) is 73.8 Å². The van der Waals surface area contributed by atoms with Gasteiger partial charge in [-0.15, -0.1) is 0 Å². The summed E-state index contributed by atoms with van der Waals surface area (Å²) in [6.45, 7) is 11.1. The first-order chi connectivity index (χ1) is 17.0. The molecular weight excluding hydrogens is 463 g/mol. The maximum Gasteiger partial charge on any atom is 0.494 e. The third-order valence-corrected chi connectivity index (χ3v) is 9.99. The Labute approximate surface area is 213 Å². The Bertz CT molecular complexity index is 1020. The summed E-state index contributed by atoms with van der Waals surface area (Å²) in [6.07, 6.45) is 1.60. The molecule has 196 valence electrons. The Morgan fingerprint density at radius 3 is 2.33 bits per heavy atom. The molecule has 6 nitrogen and oxygen atoms in total. The van der Waals surface area contributed by atoms with Crippen molar-refractivity contribution in [1.29, 1.82) is 0 Å². The molecule has 0 radical (unpaired) electrons. The molecule has 4 heterocycles. The summed E-state index contributed by atoms with van der Waals surface area (Å²) >= 11 is 0. The number of alkyl halides is 2. The number of carbonyl (C=O) groups excluding carboxylic acids is 1. The van der Waals surface area contributed by atoms with Gasteiger partial charge in [0.2, 0.25) is 12.3 Å². The van der Waals surface area contributed by atoms with Crippen molar-refractivity contribution in [2.24, 2.45) is 5.92 Å². The number of fused-ring (bicyclic) bond motifs is 2. The molecule has 1 saturated carbocycles. The number of hydrogen-bond donors (Lipinski definition) is 1. The minimum Gasteiger partial charge on any atom is -0.399 e. The average molecular weight is 501 g/mol. The molecule has 1 unspecified atom stereocenters. The fourth-order valence-electron chi connectivity index (χ4n) is 6.85. The van der Waals surface area contributed by atoms with Crippen molar-refractivity contribution < 1.29 is 22.9 Å². The van der Waals surface area contributed by atoms with E-state index in [4.69, 9.17) is 9.31 Å². The summed E-state index contributed by atoms with van der Waals surface area (Å²) in [5.74, 6) is -0.306. The number of halogens is 2. The van der Waals surface area contributed by atoms with Gasteiger partial charge < -0.3 is 19.5 Å². The van der Waals surface area contributed by atoms with Crippen molar-refractivity contribution >= 4 is 24.2 Å². The van der Waals surface area contributed by atoms with E-state index in [1.807, 2.05) is 32.6 Å². The number of carbonyl (C=O) groups is 1. The lowest BCUT2D eigenvalue weighted by atomic mass is 9.72. The third-order valence-electron chi connectivity index (χ3n) is 9.99. The minimum absolute atomic E-state index is 0.106. The van der Waals surface area contributed by atoms with Crippen molar-refractivity contribution in [3.8, 4) is 0 Å². The van der Waals surface area contributed by atoms with Crippen LogP contribution in [0.5, 0.6) is 0 Å². The van der Waals surface area contributed by atoms with Crippen LogP contribution in [-0.2, 0) is 19.5 Å². The van der Waals surface area contributed by atoms with E-state index in [2.05, 4.69) is 28.4 Å². The zero-order valence-electron chi connectivity index (χ0n) is 21.9. The van der Waals surface area contributed by atoms with E-state index >= 15 is 0 Å². The average Bonchev–Trinajstić information content (AvgIpc) is 3.43. The molecule has 1 spiro atoms. The lowest BCUT2D eigenvalue weighted by Crippen LogP contribution is -2.57. The highest BCUT2D eigenvalue weighted by Crippen LogP contribution is 2.50. The molecule has 0 bridgehead atoms. The van der Waals surface area contributed by atoms with Gasteiger partial charge in [-0.3, -0.25) is 9.69 Å². The van der Waals surface area contributed by atoms with E-state index < -0.39 is 36.1 Å². The largest absolute Gasteiger partial charge is 0.494 e. The van der Waals surface area contributed by atoms with Crippen LogP contribution in [0.4, 0.5) is 14.5 Å². The van der Waals surface area contributed by atoms with E-state index in [1.165, 1.54) is 0 Å². The van der Waals surface area contributed by atoms with Crippen LogP contribution in [0.15, 0.2) is 18.2 Å². The Morgan fingerprint density at radius 2 is 1.72 bits per heavy atom. The molecule has 0 aromatic heterocycles. The number of rotatable bonds is 4. The Morgan fingerprint density at radius 1 is 1.06 bits per heavy atom. The van der Waals surface area contributed by atoms with Crippen molar-refractivity contribution in [3.63, 3.8) is 0 Å². The fraction of sp³-hybridized carbons (Fsp3) is 0.741. The SMILES string of the molecule is CC1(C)OB(c2ccc3c(c2)N([C@H]2C[C@@H](N4CCC(C(F)F)C4)C2)C(=O)C32CCNCC2)OC1(C)C. The van der Waals surface area contributed by atoms with Gasteiger partial charge in [-0.05, 0) is 96.5 Å². The summed E-state index contributed by atoms with van der Waals surface area (Å²) in [7, 11) is -0.480. The first kappa shape index (κ1) is 24.8. The number of likely N-dealkylation sites (tertiary alicyclic amines) is 1. The van der Waals surface area contributed by atoms with Crippen LogP contribution in [0, 0.1) is 5.92 Å². The van der Waals surface area contributed by atoms with Crippen LogP contribution >= 0.6 is 0 Å². The molecule has 1 N–H and O–H groups in total. The molecule has 1 aromatic carbocycles. The Kier molecular flexibility index (Phi) is 5.84. The fourth-order valence-corrected chi connectivity index (χ4v) is 6.85. The van der Waals surface area contributed by atoms with Crippen LogP contribution < -0.4 is 15.7 Å². The number of benzene rings is 1. The molecule has 5 aliphatic rings. The number of nitrogens with one attached hydrogen (secondary N) is 1. The maximum absolute atomic E-state index is 14.1. The number of piperidine rings is 1. The predicted octanol–water partition coefficient (Wildman–Crippen LogP) is 3.07. The van der Waals surface area contributed by atoms with Gasteiger partial charge in [0, 0.05) is 30.2 Å². The van der Waals surface area contributed by atoms with Gasteiger partial charge in [0.05, 0.1) is 16.6 Å². The molecule has 1 amide bonds. The molecule has 4 fully saturated rings. The van der Waals surface area contributed by atoms with E-state index in [0.717, 1.165) is 62.0 Å². The van der Waals surface area contributed by atoms with Crippen molar-refractivity contribution in [3.05, 3.63) is 23.8 Å². The van der Waals surface area contributed by atoms with E-state index in [1.54, 1.807) is 0 Å². The second kappa shape index (κ2) is 8.48. The maximum atomic E-state index is 14.1. The third kappa shape index (κ3) is 3.68. The van der Waals surface area contributed by atoms with E-state index in [0.29, 0.717) is 13.0 Å². The highest BCUT2D eigenvalue weighted by Gasteiger charge is 2.56. The van der Waals surface area contributed by atoms with Gasteiger partial charge in [-0.2, -0.15) is 0 Å². The standard InChI is InChI=1S/C27H38BF2N3O3/c1-25(2)26(3,4)36-28(35-25)18-5-6-21-22(13-18)33(24(34)27(21)8-10-31-11-9-27)20-14-19(15-20)32-12-7-17(16-32)23(29)30/h5-6,13,17,19-20,23,31H,7-12,14-16H2,1-4H3/t17?,19-,20+. The Balaban J connectivity index is 1.27. The number of anilines is 1. The van der Waals surface area contributed by atoms with E-state index in [9.17, 15) is 13.6 Å².